The third-order valence-corrected chi connectivity index (χ3v) is 15.2. The fourth-order valence-corrected chi connectivity index (χ4v) is 10.3. The van der Waals surface area contributed by atoms with Gasteiger partial charge in [0.1, 0.15) is 0 Å². The molecular formula is C83H91N3. The van der Waals surface area contributed by atoms with Crippen molar-refractivity contribution in [2.45, 2.75) is 136 Å². The van der Waals surface area contributed by atoms with E-state index in [1.54, 1.807) is 0 Å². The minimum atomic E-state index is 0.691. The average molecular weight is 1130 g/mol. The Balaban J connectivity index is 0.000000161. The van der Waals surface area contributed by atoms with E-state index in [2.05, 4.69) is 322 Å². The number of aromatic nitrogens is 3. The van der Waals surface area contributed by atoms with Crippen LogP contribution in [-0.4, -0.2) is 15.0 Å². The third kappa shape index (κ3) is 20.5. The van der Waals surface area contributed by atoms with E-state index in [1.165, 1.54) is 149 Å². The SMILES string of the molecule is CCCCCCc1cc(C)cc(C)c1.Cc1ccc(-c2cc(C)cc(-c3ccc(C)cc3)c2)cc1.Cc1ccc(-c2nc(-c3ccc(C)cc3)nc(-c3ccc(C)cc3)n2)cc1.Cc1ccc(C)c(C)c1.Cc1cccc(-c2cc(C)cc(C)c2)c1. The summed E-state index contributed by atoms with van der Waals surface area (Å²) in [7, 11) is 0. The molecule has 3 nitrogen and oxygen atoms in total. The predicted molar refractivity (Wildman–Crippen MR) is 372 cm³/mol. The summed E-state index contributed by atoms with van der Waals surface area (Å²) >= 11 is 0. The first kappa shape index (κ1) is 64.8. The topological polar surface area (TPSA) is 38.7 Å². The molecule has 3 heteroatoms. The Morgan fingerprint density at radius 1 is 0.221 bits per heavy atom. The first-order valence-electron chi connectivity index (χ1n) is 30.8. The van der Waals surface area contributed by atoms with Crippen molar-refractivity contribution < 1.29 is 0 Å². The predicted octanol–water partition coefficient (Wildman–Crippen LogP) is 23.1. The minimum Gasteiger partial charge on any atom is -0.208 e. The molecule has 0 aliphatic carbocycles. The zero-order valence-electron chi connectivity index (χ0n) is 54.2. The molecule has 10 aromatic carbocycles. The van der Waals surface area contributed by atoms with E-state index in [4.69, 9.17) is 15.0 Å². The molecule has 11 aromatic rings. The van der Waals surface area contributed by atoms with E-state index in [9.17, 15) is 0 Å². The van der Waals surface area contributed by atoms with E-state index < -0.39 is 0 Å². The monoisotopic (exact) mass is 1130 g/mol. The van der Waals surface area contributed by atoms with Crippen LogP contribution in [0.5, 0.6) is 0 Å². The number of unbranched alkanes of at least 4 members (excludes halogenated alkanes) is 3. The number of rotatable bonds is 11. The molecule has 0 atom stereocenters. The van der Waals surface area contributed by atoms with E-state index in [-0.39, 0.29) is 0 Å². The number of nitrogens with zero attached hydrogens (tertiary/aromatic N) is 3. The van der Waals surface area contributed by atoms with Crippen molar-refractivity contribution >= 4 is 0 Å². The highest BCUT2D eigenvalue weighted by molar-refractivity contribution is 5.75. The molecule has 86 heavy (non-hydrogen) atoms. The summed E-state index contributed by atoms with van der Waals surface area (Å²) in [5.41, 5.74) is 30.6. The fourth-order valence-electron chi connectivity index (χ4n) is 10.3. The van der Waals surface area contributed by atoms with Crippen LogP contribution < -0.4 is 0 Å². The molecule has 438 valence electrons. The van der Waals surface area contributed by atoms with Gasteiger partial charge in [-0.05, 0) is 171 Å². The van der Waals surface area contributed by atoms with Crippen LogP contribution in [0.25, 0.3) is 67.5 Å². The minimum absolute atomic E-state index is 0.691. The quantitative estimate of drug-likeness (QED) is 0.121. The lowest BCUT2D eigenvalue weighted by Crippen LogP contribution is -2.00. The molecule has 11 rings (SSSR count). The van der Waals surface area contributed by atoms with Crippen LogP contribution in [0, 0.1) is 96.9 Å². The van der Waals surface area contributed by atoms with Crippen LogP contribution in [0.2, 0.25) is 0 Å². The van der Waals surface area contributed by atoms with Crippen LogP contribution in [0.4, 0.5) is 0 Å². The zero-order chi connectivity index (χ0) is 61.7. The van der Waals surface area contributed by atoms with Gasteiger partial charge in [0.05, 0.1) is 0 Å². The highest BCUT2D eigenvalue weighted by Crippen LogP contribution is 2.30. The van der Waals surface area contributed by atoms with Gasteiger partial charge in [-0.2, -0.15) is 0 Å². The van der Waals surface area contributed by atoms with Gasteiger partial charge in [-0.15, -0.1) is 0 Å². The second-order valence-corrected chi connectivity index (χ2v) is 23.9. The fraction of sp³-hybridized carbons (Fsp3) is 0.241. The summed E-state index contributed by atoms with van der Waals surface area (Å²) < 4.78 is 0. The number of benzene rings is 10. The number of aryl methyl sites for hydroxylation is 15. The highest BCUT2D eigenvalue weighted by Gasteiger charge is 2.13. The molecule has 0 aliphatic rings. The van der Waals surface area contributed by atoms with Crippen LogP contribution in [0.1, 0.15) is 116 Å². The van der Waals surface area contributed by atoms with E-state index in [1.807, 2.05) is 0 Å². The first-order valence-corrected chi connectivity index (χ1v) is 30.8. The molecule has 0 N–H and O–H groups in total. The Morgan fingerprint density at radius 2 is 0.547 bits per heavy atom. The van der Waals surface area contributed by atoms with Gasteiger partial charge in [0, 0.05) is 16.7 Å². The molecular weight excluding hydrogens is 1040 g/mol. The zero-order valence-corrected chi connectivity index (χ0v) is 54.2. The summed E-state index contributed by atoms with van der Waals surface area (Å²) in [5, 5.41) is 0. The van der Waals surface area contributed by atoms with Crippen LogP contribution in [-0.2, 0) is 6.42 Å². The summed E-state index contributed by atoms with van der Waals surface area (Å²) in [6, 6.07) is 77.8. The van der Waals surface area contributed by atoms with Crippen molar-refractivity contribution in [2.75, 3.05) is 0 Å². The van der Waals surface area contributed by atoms with Gasteiger partial charge in [0.25, 0.3) is 0 Å². The second kappa shape index (κ2) is 31.9. The average Bonchev–Trinajstić information content (AvgIpc) is 2.47. The first-order chi connectivity index (χ1) is 41.3. The molecule has 0 fully saturated rings. The highest BCUT2D eigenvalue weighted by atomic mass is 15.0. The normalized spacial score (nSPS) is 10.5. The lowest BCUT2D eigenvalue weighted by atomic mass is 9.96. The van der Waals surface area contributed by atoms with Gasteiger partial charge in [0.15, 0.2) is 17.5 Å². The van der Waals surface area contributed by atoms with Gasteiger partial charge in [-0.25, -0.2) is 15.0 Å². The van der Waals surface area contributed by atoms with Gasteiger partial charge >= 0.3 is 0 Å². The van der Waals surface area contributed by atoms with Crippen molar-refractivity contribution in [1.82, 2.24) is 15.0 Å². The molecule has 0 spiro atoms. The Kier molecular flexibility index (Phi) is 24.0. The molecule has 0 aliphatic heterocycles. The molecule has 0 amide bonds. The van der Waals surface area contributed by atoms with Crippen molar-refractivity contribution in [1.29, 1.82) is 0 Å². The van der Waals surface area contributed by atoms with Crippen molar-refractivity contribution in [3.63, 3.8) is 0 Å². The Morgan fingerprint density at radius 3 is 0.907 bits per heavy atom. The standard InChI is InChI=1S/C24H21N3.C21H20.C15H16.C14H22.C9H12/c1-16-4-10-19(11-5-16)22-25-23(20-12-6-17(2)7-13-20)27-24(26-22)21-14-8-18(3)9-15-21;1-15-4-8-18(9-5-15)20-12-17(3)13-21(14-20)19-10-6-16(2)7-11-19;1-11-5-4-6-14(8-11)15-9-12(2)7-13(3)10-15;1-4-5-6-7-8-14-10-12(2)9-13(3)11-14;1-7-4-5-8(2)9(3)6-7/h4-15H,1-3H3;4-14H,1-3H3;4-10H,1-3H3;9-11H,4-8H2,1-3H3;4-6H,1-3H3. The number of hydrogen-bond donors (Lipinski definition) is 0. The molecule has 1 aromatic heterocycles. The van der Waals surface area contributed by atoms with Crippen LogP contribution in [0.3, 0.4) is 0 Å². The van der Waals surface area contributed by atoms with E-state index in [0.29, 0.717) is 17.5 Å². The summed E-state index contributed by atoms with van der Waals surface area (Å²) in [6.07, 6.45) is 6.68. The third-order valence-electron chi connectivity index (χ3n) is 15.2. The summed E-state index contributed by atoms with van der Waals surface area (Å²) in [5.74, 6) is 2.07. The van der Waals surface area contributed by atoms with Gasteiger partial charge in [0.2, 0.25) is 0 Å². The Bertz CT molecular complexity index is 3650. The molecule has 0 bridgehead atoms. The maximum atomic E-state index is 4.75. The largest absolute Gasteiger partial charge is 0.208 e. The summed E-state index contributed by atoms with van der Waals surface area (Å²) in [6.45, 7) is 32.1. The van der Waals surface area contributed by atoms with Gasteiger partial charge in [-0.3, -0.25) is 0 Å². The molecule has 0 saturated carbocycles. The van der Waals surface area contributed by atoms with Crippen molar-refractivity contribution in [2.24, 2.45) is 0 Å². The van der Waals surface area contributed by atoms with E-state index >= 15 is 0 Å². The Hall–Kier alpha value is -8.79. The molecule has 0 saturated heterocycles. The molecule has 1 heterocycles. The molecule has 0 unspecified atom stereocenters. The maximum Gasteiger partial charge on any atom is 0.164 e. The Labute approximate surface area is 517 Å². The lowest BCUT2D eigenvalue weighted by molar-refractivity contribution is 0.666. The van der Waals surface area contributed by atoms with Gasteiger partial charge in [-0.1, -0.05) is 300 Å². The van der Waals surface area contributed by atoms with Gasteiger partial charge < -0.3 is 0 Å². The van der Waals surface area contributed by atoms with E-state index in [0.717, 1.165) is 16.7 Å². The smallest absolute Gasteiger partial charge is 0.164 e. The number of hydrogen-bond acceptors (Lipinski definition) is 3. The summed E-state index contributed by atoms with van der Waals surface area (Å²) in [4.78, 5) is 14.3. The molecule has 0 radical (unpaired) electrons. The van der Waals surface area contributed by atoms with Crippen LogP contribution >= 0.6 is 0 Å². The van der Waals surface area contributed by atoms with Crippen molar-refractivity contribution in [3.05, 3.63) is 302 Å². The second-order valence-electron chi connectivity index (χ2n) is 23.9. The lowest BCUT2D eigenvalue weighted by Gasteiger charge is -2.09. The van der Waals surface area contributed by atoms with Crippen LogP contribution in [0.15, 0.2) is 218 Å². The maximum absolute atomic E-state index is 4.75. The van der Waals surface area contributed by atoms with Crippen molar-refractivity contribution in [3.8, 4) is 67.5 Å².